The van der Waals surface area contributed by atoms with Crippen molar-refractivity contribution >= 4 is 9.84 Å². The average molecular weight is 227 g/mol. The van der Waals surface area contributed by atoms with Crippen LogP contribution in [0.2, 0.25) is 0 Å². The van der Waals surface area contributed by atoms with Crippen LogP contribution in [0.15, 0.2) is 24.3 Å². The molecule has 84 valence electrons. The Labute approximate surface area is 91.2 Å². The van der Waals surface area contributed by atoms with Gasteiger partial charge in [-0.2, -0.15) is 0 Å². The van der Waals surface area contributed by atoms with Crippen LogP contribution in [0.1, 0.15) is 17.5 Å². The second-order valence-electron chi connectivity index (χ2n) is 3.72. The first-order valence-corrected chi connectivity index (χ1v) is 6.82. The van der Waals surface area contributed by atoms with Gasteiger partial charge in [0.2, 0.25) is 0 Å². The highest BCUT2D eigenvalue weighted by molar-refractivity contribution is 7.90. The molecular formula is C11H17NO2S. The number of hydrogen-bond donors (Lipinski definition) is 1. The van der Waals surface area contributed by atoms with Gasteiger partial charge in [-0.25, -0.2) is 8.42 Å². The Morgan fingerprint density at radius 3 is 2.67 bits per heavy atom. The van der Waals surface area contributed by atoms with Crippen molar-refractivity contribution in [3.63, 3.8) is 0 Å². The molecule has 2 N–H and O–H groups in total. The summed E-state index contributed by atoms with van der Waals surface area (Å²) in [5.74, 6) is 0.298. The van der Waals surface area contributed by atoms with Crippen LogP contribution in [-0.2, 0) is 15.6 Å². The van der Waals surface area contributed by atoms with Crippen LogP contribution in [0.5, 0.6) is 0 Å². The van der Waals surface area contributed by atoms with Crippen LogP contribution in [0.4, 0.5) is 0 Å². The van der Waals surface area contributed by atoms with Gasteiger partial charge in [-0.1, -0.05) is 29.8 Å². The van der Waals surface area contributed by atoms with E-state index < -0.39 is 9.84 Å². The van der Waals surface area contributed by atoms with Crippen molar-refractivity contribution in [3.8, 4) is 0 Å². The summed E-state index contributed by atoms with van der Waals surface area (Å²) in [5.41, 5.74) is 7.23. The van der Waals surface area contributed by atoms with Crippen LogP contribution in [0.25, 0.3) is 0 Å². The van der Waals surface area contributed by atoms with E-state index in [1.165, 1.54) is 0 Å². The minimum absolute atomic E-state index is 0.120. The molecule has 0 aliphatic rings. The molecule has 0 aromatic heterocycles. The third-order valence-corrected chi connectivity index (χ3v) is 3.81. The lowest BCUT2D eigenvalue weighted by Crippen LogP contribution is -2.13. The number of hydrogen-bond acceptors (Lipinski definition) is 3. The van der Waals surface area contributed by atoms with Crippen molar-refractivity contribution in [1.82, 2.24) is 0 Å². The lowest BCUT2D eigenvalue weighted by molar-refractivity contribution is 0.593. The van der Waals surface area contributed by atoms with Crippen molar-refractivity contribution in [3.05, 3.63) is 35.4 Å². The Bertz CT molecular complexity index is 412. The van der Waals surface area contributed by atoms with Gasteiger partial charge in [0, 0.05) is 0 Å². The van der Waals surface area contributed by atoms with E-state index in [1.54, 1.807) is 0 Å². The Hall–Kier alpha value is -0.870. The van der Waals surface area contributed by atoms with Crippen LogP contribution in [0, 0.1) is 6.92 Å². The van der Waals surface area contributed by atoms with Gasteiger partial charge in [0.15, 0.2) is 9.84 Å². The molecule has 0 heterocycles. The van der Waals surface area contributed by atoms with Gasteiger partial charge in [0.25, 0.3) is 0 Å². The first kappa shape index (κ1) is 12.2. The van der Waals surface area contributed by atoms with Gasteiger partial charge in [-0.15, -0.1) is 0 Å². The zero-order valence-electron chi connectivity index (χ0n) is 8.94. The Kier molecular flexibility index (Phi) is 4.29. The maximum atomic E-state index is 11.6. The van der Waals surface area contributed by atoms with Crippen molar-refractivity contribution in [1.29, 1.82) is 0 Å². The maximum absolute atomic E-state index is 11.6. The summed E-state index contributed by atoms with van der Waals surface area (Å²) in [6, 6.07) is 7.58. The molecule has 1 aromatic carbocycles. The van der Waals surface area contributed by atoms with Gasteiger partial charge in [-0.3, -0.25) is 0 Å². The summed E-state index contributed by atoms with van der Waals surface area (Å²) >= 11 is 0. The first-order valence-electron chi connectivity index (χ1n) is 4.99. The van der Waals surface area contributed by atoms with Crippen molar-refractivity contribution in [2.75, 3.05) is 12.3 Å². The van der Waals surface area contributed by atoms with Gasteiger partial charge < -0.3 is 5.73 Å². The average Bonchev–Trinajstić information content (AvgIpc) is 2.14. The molecule has 0 fully saturated rings. The van der Waals surface area contributed by atoms with E-state index in [2.05, 4.69) is 0 Å². The highest BCUT2D eigenvalue weighted by Crippen LogP contribution is 2.09. The minimum Gasteiger partial charge on any atom is -0.330 e. The molecule has 3 nitrogen and oxygen atoms in total. The summed E-state index contributed by atoms with van der Waals surface area (Å²) in [4.78, 5) is 0. The Morgan fingerprint density at radius 1 is 1.33 bits per heavy atom. The fraction of sp³-hybridized carbons (Fsp3) is 0.455. The number of benzene rings is 1. The van der Waals surface area contributed by atoms with Crippen LogP contribution < -0.4 is 5.73 Å². The standard InChI is InChI=1S/C11H17NO2S/c1-10-4-2-5-11(8-10)9-15(13,14)7-3-6-12/h2,4-5,8H,3,6-7,9,12H2,1H3. The van der Waals surface area contributed by atoms with Gasteiger partial charge in [-0.05, 0) is 25.5 Å². The maximum Gasteiger partial charge on any atom is 0.154 e. The molecule has 0 atom stereocenters. The Balaban J connectivity index is 2.69. The summed E-state index contributed by atoms with van der Waals surface area (Å²) < 4.78 is 23.2. The van der Waals surface area contributed by atoms with E-state index in [9.17, 15) is 8.42 Å². The fourth-order valence-corrected chi connectivity index (χ4v) is 2.87. The first-order chi connectivity index (χ1) is 7.03. The molecule has 0 saturated heterocycles. The number of sulfone groups is 1. The fourth-order valence-electron chi connectivity index (χ4n) is 1.43. The van der Waals surface area contributed by atoms with E-state index in [1.807, 2.05) is 31.2 Å². The third-order valence-electron chi connectivity index (χ3n) is 2.13. The lowest BCUT2D eigenvalue weighted by Gasteiger charge is -2.04. The molecule has 1 rings (SSSR count). The second kappa shape index (κ2) is 5.28. The van der Waals surface area contributed by atoms with Crippen LogP contribution >= 0.6 is 0 Å². The van der Waals surface area contributed by atoms with E-state index in [0.29, 0.717) is 13.0 Å². The molecule has 0 amide bonds. The highest BCUT2D eigenvalue weighted by Gasteiger charge is 2.10. The minimum atomic E-state index is -2.99. The lowest BCUT2D eigenvalue weighted by atomic mass is 10.2. The molecule has 0 spiro atoms. The van der Waals surface area contributed by atoms with Crippen molar-refractivity contribution in [2.24, 2.45) is 5.73 Å². The predicted octanol–water partition coefficient (Wildman–Crippen LogP) is 1.26. The summed E-state index contributed by atoms with van der Waals surface area (Å²) in [7, 11) is -2.99. The zero-order chi connectivity index (χ0) is 11.3. The number of aryl methyl sites for hydroxylation is 1. The van der Waals surface area contributed by atoms with Crippen LogP contribution in [-0.4, -0.2) is 20.7 Å². The molecule has 0 saturated carbocycles. The van der Waals surface area contributed by atoms with Crippen LogP contribution in [0.3, 0.4) is 0 Å². The predicted molar refractivity (Wildman–Crippen MR) is 62.3 cm³/mol. The van der Waals surface area contributed by atoms with E-state index in [-0.39, 0.29) is 11.5 Å². The van der Waals surface area contributed by atoms with E-state index in [0.717, 1.165) is 11.1 Å². The molecule has 4 heteroatoms. The monoisotopic (exact) mass is 227 g/mol. The summed E-state index contributed by atoms with van der Waals surface area (Å²) in [5, 5.41) is 0. The van der Waals surface area contributed by atoms with Gasteiger partial charge in [0.05, 0.1) is 11.5 Å². The molecule has 0 bridgehead atoms. The molecule has 0 unspecified atom stereocenters. The van der Waals surface area contributed by atoms with Crippen molar-refractivity contribution in [2.45, 2.75) is 19.1 Å². The zero-order valence-corrected chi connectivity index (χ0v) is 9.76. The van der Waals surface area contributed by atoms with E-state index >= 15 is 0 Å². The molecule has 1 aromatic rings. The summed E-state index contributed by atoms with van der Waals surface area (Å²) in [6.45, 7) is 2.38. The molecule has 0 radical (unpaired) electrons. The largest absolute Gasteiger partial charge is 0.330 e. The summed E-state index contributed by atoms with van der Waals surface area (Å²) in [6.07, 6.45) is 0.536. The number of nitrogens with two attached hydrogens (primary N) is 1. The highest BCUT2D eigenvalue weighted by atomic mass is 32.2. The number of rotatable bonds is 5. The topological polar surface area (TPSA) is 60.2 Å². The normalized spacial score (nSPS) is 11.6. The molecule has 15 heavy (non-hydrogen) atoms. The molecule has 0 aliphatic carbocycles. The SMILES string of the molecule is Cc1cccc(CS(=O)(=O)CCCN)c1. The Morgan fingerprint density at radius 2 is 2.07 bits per heavy atom. The van der Waals surface area contributed by atoms with E-state index in [4.69, 9.17) is 5.73 Å². The quantitative estimate of drug-likeness (QED) is 0.823. The molecule has 0 aliphatic heterocycles. The molecular weight excluding hydrogens is 210 g/mol. The third kappa shape index (κ3) is 4.44. The van der Waals surface area contributed by atoms with Gasteiger partial charge in [0.1, 0.15) is 0 Å². The van der Waals surface area contributed by atoms with Gasteiger partial charge >= 0.3 is 0 Å². The second-order valence-corrected chi connectivity index (χ2v) is 5.91. The van der Waals surface area contributed by atoms with Crippen molar-refractivity contribution < 1.29 is 8.42 Å². The smallest absolute Gasteiger partial charge is 0.154 e.